The minimum absolute atomic E-state index is 0.0939. The summed E-state index contributed by atoms with van der Waals surface area (Å²) in [4.78, 5) is 44.8. The zero-order valence-electron chi connectivity index (χ0n) is 15.2. The molecule has 0 atom stereocenters. The number of nitro benzene ring substituents is 1. The van der Waals surface area contributed by atoms with Crippen molar-refractivity contribution in [1.82, 2.24) is 0 Å². The molecule has 0 saturated carbocycles. The number of benzene rings is 2. The van der Waals surface area contributed by atoms with Gasteiger partial charge in [0.15, 0.2) is 24.7 Å². The number of hydrogen-bond donors (Lipinski definition) is 2. The Balaban J connectivity index is 1.93. The maximum Gasteiger partial charge on any atom is 0.338 e. The van der Waals surface area contributed by atoms with Gasteiger partial charge in [-0.2, -0.15) is 0 Å². The van der Waals surface area contributed by atoms with Gasteiger partial charge < -0.3 is 25.3 Å². The smallest absolute Gasteiger partial charge is 0.338 e. The van der Waals surface area contributed by atoms with Crippen LogP contribution in [0.1, 0.15) is 10.4 Å². The quantitative estimate of drug-likeness (QED) is 0.359. The van der Waals surface area contributed by atoms with E-state index in [2.05, 4.69) is 5.32 Å². The summed E-state index contributed by atoms with van der Waals surface area (Å²) in [6, 6.07) is 9.27. The summed E-state index contributed by atoms with van der Waals surface area (Å²) < 4.78 is 15.2. The van der Waals surface area contributed by atoms with Gasteiger partial charge in [0.05, 0.1) is 17.6 Å². The molecule has 2 aromatic carbocycles. The van der Waals surface area contributed by atoms with Crippen LogP contribution in [0.4, 0.5) is 11.4 Å². The first-order valence-electron chi connectivity index (χ1n) is 8.10. The minimum Gasteiger partial charge on any atom is -0.493 e. The molecule has 0 aliphatic carbocycles. The summed E-state index contributed by atoms with van der Waals surface area (Å²) in [6.07, 6.45) is 0. The Labute approximate surface area is 164 Å². The lowest BCUT2D eigenvalue weighted by Gasteiger charge is -2.11. The Morgan fingerprint density at radius 3 is 2.34 bits per heavy atom. The van der Waals surface area contributed by atoms with Crippen molar-refractivity contribution in [2.24, 2.45) is 5.73 Å². The van der Waals surface area contributed by atoms with Gasteiger partial charge in [-0.25, -0.2) is 4.79 Å². The van der Waals surface area contributed by atoms with Crippen molar-refractivity contribution in [2.45, 2.75) is 0 Å². The molecule has 0 aromatic heterocycles. The second-order valence-corrected chi connectivity index (χ2v) is 5.55. The van der Waals surface area contributed by atoms with E-state index in [-0.39, 0.29) is 29.4 Å². The topological polar surface area (TPSA) is 160 Å². The second kappa shape index (κ2) is 9.69. The van der Waals surface area contributed by atoms with Crippen molar-refractivity contribution in [3.8, 4) is 11.5 Å². The zero-order chi connectivity index (χ0) is 21.4. The number of methoxy groups -OCH3 is 1. The third-order valence-electron chi connectivity index (χ3n) is 3.47. The summed E-state index contributed by atoms with van der Waals surface area (Å²) in [5.41, 5.74) is 5.30. The van der Waals surface area contributed by atoms with Crippen LogP contribution in [0, 0.1) is 10.1 Å². The lowest BCUT2D eigenvalue weighted by molar-refractivity contribution is -0.384. The van der Waals surface area contributed by atoms with Crippen LogP contribution < -0.4 is 20.5 Å². The van der Waals surface area contributed by atoms with Gasteiger partial charge in [-0.3, -0.25) is 19.7 Å². The van der Waals surface area contributed by atoms with Gasteiger partial charge in [-0.1, -0.05) is 0 Å². The maximum atomic E-state index is 12.1. The number of nitro groups is 1. The van der Waals surface area contributed by atoms with Crippen molar-refractivity contribution < 1.29 is 33.5 Å². The van der Waals surface area contributed by atoms with E-state index in [1.165, 1.54) is 49.6 Å². The van der Waals surface area contributed by atoms with Crippen LogP contribution in [0.3, 0.4) is 0 Å². The largest absolute Gasteiger partial charge is 0.493 e. The van der Waals surface area contributed by atoms with E-state index >= 15 is 0 Å². The van der Waals surface area contributed by atoms with E-state index in [4.69, 9.17) is 19.9 Å². The Morgan fingerprint density at radius 1 is 1.07 bits per heavy atom. The third kappa shape index (κ3) is 6.20. The first-order valence-corrected chi connectivity index (χ1v) is 8.10. The maximum absolute atomic E-state index is 12.1. The number of non-ortho nitro benzene ring substituents is 1. The Hall–Kier alpha value is -4.15. The van der Waals surface area contributed by atoms with Crippen LogP contribution in [-0.4, -0.2) is 43.0 Å². The molecule has 152 valence electrons. The van der Waals surface area contributed by atoms with Crippen molar-refractivity contribution in [1.29, 1.82) is 0 Å². The number of nitrogens with zero attached hydrogens (tertiary/aromatic N) is 1. The molecule has 0 heterocycles. The number of amides is 2. The predicted molar refractivity (Wildman–Crippen MR) is 99.7 cm³/mol. The lowest BCUT2D eigenvalue weighted by atomic mass is 10.2. The monoisotopic (exact) mass is 403 g/mol. The second-order valence-electron chi connectivity index (χ2n) is 5.55. The van der Waals surface area contributed by atoms with Crippen LogP contribution >= 0.6 is 0 Å². The van der Waals surface area contributed by atoms with Gasteiger partial charge in [0, 0.05) is 17.8 Å². The van der Waals surface area contributed by atoms with Gasteiger partial charge in [0.1, 0.15) is 0 Å². The average molecular weight is 403 g/mol. The Kier molecular flexibility index (Phi) is 7.07. The van der Waals surface area contributed by atoms with Crippen molar-refractivity contribution in [2.75, 3.05) is 25.6 Å². The fourth-order valence-corrected chi connectivity index (χ4v) is 2.14. The first kappa shape index (κ1) is 21.2. The molecule has 0 bridgehead atoms. The highest BCUT2D eigenvalue weighted by Gasteiger charge is 2.15. The highest BCUT2D eigenvalue weighted by Crippen LogP contribution is 2.28. The molecule has 11 nitrogen and oxygen atoms in total. The molecule has 0 fully saturated rings. The molecule has 0 aliphatic heterocycles. The predicted octanol–water partition coefficient (Wildman–Crippen LogP) is 1.26. The number of carbonyl (C=O) groups excluding carboxylic acids is 3. The zero-order valence-corrected chi connectivity index (χ0v) is 15.2. The number of rotatable bonds is 9. The number of primary amides is 1. The molecule has 0 radical (unpaired) electrons. The van der Waals surface area contributed by atoms with Crippen LogP contribution in [0.15, 0.2) is 42.5 Å². The molecule has 0 unspecified atom stereocenters. The standard InChI is InChI=1S/C18H17N3O8/c1-27-15-8-11(2-7-14(15)28-9-16(19)22)18(24)29-10-17(23)20-12-3-5-13(6-4-12)21(25)26/h2-8H,9-10H2,1H3,(H2,19,22)(H,20,23). The lowest BCUT2D eigenvalue weighted by Crippen LogP contribution is -2.21. The van der Waals surface area contributed by atoms with E-state index in [1.807, 2.05) is 0 Å². The van der Waals surface area contributed by atoms with Gasteiger partial charge >= 0.3 is 5.97 Å². The number of ether oxygens (including phenoxy) is 3. The van der Waals surface area contributed by atoms with Crippen molar-refractivity contribution in [3.63, 3.8) is 0 Å². The van der Waals surface area contributed by atoms with Crippen LogP contribution in [0.5, 0.6) is 11.5 Å². The highest BCUT2D eigenvalue weighted by molar-refractivity contribution is 5.95. The number of nitrogens with two attached hydrogens (primary N) is 1. The third-order valence-corrected chi connectivity index (χ3v) is 3.47. The number of hydrogen-bond acceptors (Lipinski definition) is 8. The number of carbonyl (C=O) groups is 3. The molecular weight excluding hydrogens is 386 g/mol. The molecule has 3 N–H and O–H groups in total. The Bertz CT molecular complexity index is 927. The highest BCUT2D eigenvalue weighted by atomic mass is 16.6. The van der Waals surface area contributed by atoms with Crippen LogP contribution in [0.25, 0.3) is 0 Å². The molecule has 11 heteroatoms. The molecule has 0 saturated heterocycles. The molecule has 2 aromatic rings. The summed E-state index contributed by atoms with van der Waals surface area (Å²) >= 11 is 0. The first-order chi connectivity index (χ1) is 13.8. The van der Waals surface area contributed by atoms with E-state index in [1.54, 1.807) is 0 Å². The molecule has 29 heavy (non-hydrogen) atoms. The average Bonchev–Trinajstić information content (AvgIpc) is 2.70. The molecule has 2 rings (SSSR count). The van der Waals surface area contributed by atoms with Gasteiger partial charge in [0.25, 0.3) is 17.5 Å². The van der Waals surface area contributed by atoms with Crippen LogP contribution in [-0.2, 0) is 14.3 Å². The van der Waals surface area contributed by atoms with Crippen molar-refractivity contribution >= 4 is 29.2 Å². The molecule has 2 amide bonds. The van der Waals surface area contributed by atoms with E-state index < -0.39 is 29.3 Å². The van der Waals surface area contributed by atoms with E-state index in [0.717, 1.165) is 0 Å². The van der Waals surface area contributed by atoms with E-state index in [0.29, 0.717) is 5.69 Å². The van der Waals surface area contributed by atoms with Crippen LogP contribution in [0.2, 0.25) is 0 Å². The van der Waals surface area contributed by atoms with Gasteiger partial charge in [0.2, 0.25) is 0 Å². The fourth-order valence-electron chi connectivity index (χ4n) is 2.14. The molecular formula is C18H17N3O8. The SMILES string of the molecule is COc1cc(C(=O)OCC(=O)Nc2ccc([N+](=O)[O-])cc2)ccc1OCC(N)=O. The summed E-state index contributed by atoms with van der Waals surface area (Å²) in [5.74, 6) is -1.70. The van der Waals surface area contributed by atoms with Crippen molar-refractivity contribution in [3.05, 3.63) is 58.1 Å². The van der Waals surface area contributed by atoms with Gasteiger partial charge in [-0.05, 0) is 30.3 Å². The Morgan fingerprint density at radius 2 is 1.76 bits per heavy atom. The minimum atomic E-state index is -0.788. The molecule has 0 spiro atoms. The fraction of sp³-hybridized carbons (Fsp3) is 0.167. The normalized spacial score (nSPS) is 9.97. The van der Waals surface area contributed by atoms with Gasteiger partial charge in [-0.15, -0.1) is 0 Å². The number of nitrogens with one attached hydrogen (secondary N) is 1. The number of anilines is 1. The summed E-state index contributed by atoms with van der Waals surface area (Å²) in [6.45, 7) is -0.930. The number of esters is 1. The van der Waals surface area contributed by atoms with E-state index in [9.17, 15) is 24.5 Å². The summed E-state index contributed by atoms with van der Waals surface area (Å²) in [7, 11) is 1.35. The molecule has 0 aliphatic rings. The summed E-state index contributed by atoms with van der Waals surface area (Å²) in [5, 5.41) is 13.0.